The molecule has 1 aromatic carbocycles. The molecule has 1 unspecified atom stereocenters. The second-order valence-corrected chi connectivity index (χ2v) is 20.7. The van der Waals surface area contributed by atoms with Gasteiger partial charge in [0, 0.05) is 37.2 Å². The number of aryl methyl sites for hydroxylation is 1. The van der Waals surface area contributed by atoms with Crippen molar-refractivity contribution in [2.45, 2.75) is 117 Å². The van der Waals surface area contributed by atoms with E-state index in [-0.39, 0.29) is 52.4 Å². The van der Waals surface area contributed by atoms with E-state index in [0.717, 1.165) is 6.07 Å². The lowest BCUT2D eigenvalue weighted by Gasteiger charge is -2.60. The number of pyridine rings is 1. The normalized spacial score (nSPS) is 17.1. The molecule has 16 heteroatoms. The zero-order valence-corrected chi connectivity index (χ0v) is 33.1. The molecule has 2 aliphatic heterocycles. The predicted octanol–water partition coefficient (Wildman–Crippen LogP) is 9.61. The monoisotopic (exact) mass is 768 g/mol. The average molecular weight is 769 g/mol. The number of nitrogens with zero attached hydrogens (tertiary/aromatic N) is 5. The van der Waals surface area contributed by atoms with Gasteiger partial charge in [-0.3, -0.25) is 0 Å². The van der Waals surface area contributed by atoms with Gasteiger partial charge >= 0.3 is 18.2 Å². The summed E-state index contributed by atoms with van der Waals surface area (Å²) in [7, 11) is -2.51. The number of likely N-dealkylation sites (tertiary alicyclic amines) is 1. The highest BCUT2D eigenvalue weighted by atomic mass is 28.4. The van der Waals surface area contributed by atoms with Crippen LogP contribution >= 0.6 is 0 Å². The van der Waals surface area contributed by atoms with Crippen LogP contribution in [0.1, 0.15) is 91.0 Å². The smallest absolute Gasteiger partial charge is 0.435 e. The summed E-state index contributed by atoms with van der Waals surface area (Å²) < 4.78 is 104. The highest BCUT2D eigenvalue weighted by Crippen LogP contribution is 2.48. The van der Waals surface area contributed by atoms with Crippen molar-refractivity contribution in [1.29, 1.82) is 0 Å². The summed E-state index contributed by atoms with van der Waals surface area (Å²) in [4.78, 5) is 28.1. The van der Waals surface area contributed by atoms with Gasteiger partial charge in [-0.15, -0.1) is 0 Å². The number of carbonyl (C=O) groups is 1. The molecule has 9 nitrogen and oxygen atoms in total. The third-order valence-corrected chi connectivity index (χ3v) is 15.3. The summed E-state index contributed by atoms with van der Waals surface area (Å²) in [5, 5.41) is 3.19. The van der Waals surface area contributed by atoms with Crippen LogP contribution in [0.5, 0.6) is 0 Å². The topological polar surface area (TPSA) is 92.7 Å². The number of halogens is 6. The number of nitrogens with one attached hydrogen (secondary N) is 1. The third kappa shape index (κ3) is 7.80. The van der Waals surface area contributed by atoms with Crippen LogP contribution in [0.15, 0.2) is 24.3 Å². The molecular weight excluding hydrogens is 719 g/mol. The Bertz CT molecular complexity index is 1840. The maximum absolute atomic E-state index is 16.3. The Morgan fingerprint density at radius 2 is 1.57 bits per heavy atom. The zero-order valence-electron chi connectivity index (χ0n) is 32.1. The van der Waals surface area contributed by atoms with Crippen LogP contribution in [0.4, 0.5) is 42.6 Å². The zero-order chi connectivity index (χ0) is 39.5. The molecule has 0 bridgehead atoms. The number of aromatic nitrogens is 3. The van der Waals surface area contributed by atoms with Crippen LogP contribution in [0, 0.1) is 18.2 Å². The lowest BCUT2D eigenvalue weighted by molar-refractivity contribution is -0.161. The van der Waals surface area contributed by atoms with Gasteiger partial charge in [0.15, 0.2) is 19.7 Å². The van der Waals surface area contributed by atoms with Crippen LogP contribution in [-0.2, 0) is 21.3 Å². The number of hydrogen-bond acceptors (Lipinski definition) is 8. The third-order valence-electron chi connectivity index (χ3n) is 10.5. The number of anilines is 2. The minimum absolute atomic E-state index is 0.0716. The van der Waals surface area contributed by atoms with E-state index in [2.05, 4.69) is 20.3 Å². The molecule has 3 aromatic rings. The Balaban J connectivity index is 1.44. The molecule has 2 aromatic heterocycles. The van der Waals surface area contributed by atoms with Crippen LogP contribution in [0.25, 0.3) is 11.0 Å². The minimum Gasteiger partial charge on any atom is -0.444 e. The van der Waals surface area contributed by atoms with Gasteiger partial charge in [0.2, 0.25) is 0 Å². The van der Waals surface area contributed by atoms with E-state index in [0.29, 0.717) is 31.2 Å². The van der Waals surface area contributed by atoms with E-state index in [1.54, 1.807) is 32.6 Å². The molecule has 2 fully saturated rings. The lowest BCUT2D eigenvalue weighted by Crippen LogP contribution is -2.73. The molecule has 4 heterocycles. The highest BCUT2D eigenvalue weighted by molar-refractivity contribution is 6.73. The van der Waals surface area contributed by atoms with Crippen LogP contribution in [-0.4, -0.2) is 71.6 Å². The first-order chi connectivity index (χ1) is 24.4. The number of hydrogen-bond donors (Lipinski definition) is 1. The number of carbonyl (C=O) groups excluding carboxylic acids is 1. The molecule has 5 rings (SSSR count). The first-order valence-corrected chi connectivity index (χ1v) is 20.6. The average Bonchev–Trinajstić information content (AvgIpc) is 3.00. The highest BCUT2D eigenvalue weighted by Gasteiger charge is 2.56. The van der Waals surface area contributed by atoms with Gasteiger partial charge in [0.25, 0.3) is 0 Å². The molecular formula is C37H50F6N6O3Si. The summed E-state index contributed by atoms with van der Waals surface area (Å²) >= 11 is 0. The molecule has 1 atom stereocenters. The van der Waals surface area contributed by atoms with E-state index < -0.39 is 60.8 Å². The molecule has 1 N–H and O–H groups in total. The van der Waals surface area contributed by atoms with Crippen molar-refractivity contribution >= 4 is 36.9 Å². The van der Waals surface area contributed by atoms with E-state index in [9.17, 15) is 18.0 Å². The molecule has 2 aliphatic rings. The van der Waals surface area contributed by atoms with Gasteiger partial charge in [0.1, 0.15) is 28.7 Å². The first kappa shape index (κ1) is 40.5. The summed E-state index contributed by atoms with van der Waals surface area (Å²) in [6.07, 6.45) is -5.29. The lowest BCUT2D eigenvalue weighted by atomic mass is 9.72. The van der Waals surface area contributed by atoms with E-state index in [1.807, 2.05) is 20.8 Å². The molecule has 292 valence electrons. The van der Waals surface area contributed by atoms with Crippen molar-refractivity contribution in [3.8, 4) is 0 Å². The van der Waals surface area contributed by atoms with Gasteiger partial charge in [-0.05, 0) is 78.7 Å². The Morgan fingerprint density at radius 3 is 2.11 bits per heavy atom. The number of fused-ring (bicyclic) bond motifs is 1. The Morgan fingerprint density at radius 1 is 0.962 bits per heavy atom. The van der Waals surface area contributed by atoms with Crippen molar-refractivity contribution in [3.63, 3.8) is 0 Å². The summed E-state index contributed by atoms with van der Waals surface area (Å²) in [5.74, 6) is -4.64. The van der Waals surface area contributed by atoms with E-state index in [1.165, 1.54) is 43.9 Å². The number of benzene rings is 1. The van der Waals surface area contributed by atoms with Crippen molar-refractivity contribution in [3.05, 3.63) is 52.7 Å². The molecule has 53 heavy (non-hydrogen) atoms. The fourth-order valence-electron chi connectivity index (χ4n) is 7.37. The predicted molar refractivity (Wildman–Crippen MR) is 194 cm³/mol. The second kappa shape index (κ2) is 13.9. The molecule has 2 saturated heterocycles. The van der Waals surface area contributed by atoms with Gasteiger partial charge in [-0.1, -0.05) is 32.9 Å². The Hall–Kier alpha value is -3.66. The fourth-order valence-corrected chi connectivity index (χ4v) is 10.5. The molecule has 0 aliphatic carbocycles. The molecule has 1 spiro atoms. The minimum atomic E-state index is -4.81. The first-order valence-electron chi connectivity index (χ1n) is 18.0. The second-order valence-electron chi connectivity index (χ2n) is 16.0. The van der Waals surface area contributed by atoms with Crippen LogP contribution in [0.2, 0.25) is 18.1 Å². The van der Waals surface area contributed by atoms with Crippen molar-refractivity contribution in [2.75, 3.05) is 36.4 Å². The number of alkyl halides is 5. The fraction of sp³-hybridized carbons (Fsp3) is 0.622. The Labute approximate surface area is 308 Å². The number of amides is 1. The van der Waals surface area contributed by atoms with Crippen molar-refractivity contribution < 1.29 is 40.3 Å². The Kier molecular flexibility index (Phi) is 10.6. The maximum Gasteiger partial charge on any atom is 0.435 e. The molecule has 0 radical (unpaired) electrons. The standard InChI is InChI=1S/C37H50F6N6O3Si/c1-11-53(12-2,13-3)52-34(9,10)36(39,40)26-16-14-15-24(28(26)38)22(4)44-30-25-17-27(29(37(41,42)43)47-31(25)46-23(5)45-30)48-18-35(19-48)20-49(21-35)32(50)51-33(6,7)8/h14-17,22H,11-13,18-21H2,1-10H3,(H,44,45,46,47). The largest absolute Gasteiger partial charge is 0.444 e. The van der Waals surface area contributed by atoms with Gasteiger partial charge in [-0.25, -0.2) is 24.1 Å². The SMILES string of the molecule is CC[Si](CC)(CC)OC(C)(C)C(F)(F)c1cccc(C(C)Nc2nc(C)nc3nc(C(F)(F)F)c(N4CC5(CN(C(=O)OC(C)(C)C)C5)C4)cc23)c1F. The molecule has 0 saturated carbocycles. The number of rotatable bonds is 11. The quantitative estimate of drug-likeness (QED) is 0.152. The summed E-state index contributed by atoms with van der Waals surface area (Å²) in [5.41, 5.74) is -5.49. The summed E-state index contributed by atoms with van der Waals surface area (Å²) in [6.45, 7) is 17.9. The van der Waals surface area contributed by atoms with Gasteiger partial charge in [-0.2, -0.15) is 22.0 Å². The van der Waals surface area contributed by atoms with E-state index >= 15 is 13.2 Å². The maximum atomic E-state index is 16.3. The molecule has 1 amide bonds. The van der Waals surface area contributed by atoms with Crippen molar-refractivity contribution in [1.82, 2.24) is 19.9 Å². The number of ether oxygens (including phenoxy) is 1. The summed E-state index contributed by atoms with van der Waals surface area (Å²) in [6, 6.07) is 6.06. The van der Waals surface area contributed by atoms with Crippen LogP contribution < -0.4 is 10.2 Å². The van der Waals surface area contributed by atoms with Crippen molar-refractivity contribution in [2.24, 2.45) is 5.41 Å². The van der Waals surface area contributed by atoms with Crippen LogP contribution in [0.3, 0.4) is 0 Å². The van der Waals surface area contributed by atoms with Gasteiger partial charge in [0.05, 0.1) is 22.7 Å². The van der Waals surface area contributed by atoms with E-state index in [4.69, 9.17) is 9.16 Å². The van der Waals surface area contributed by atoms with Gasteiger partial charge < -0.3 is 24.3 Å².